The van der Waals surface area contributed by atoms with Crippen molar-refractivity contribution in [2.24, 2.45) is 17.8 Å². The monoisotopic (exact) mass is 400 g/mol. The molecule has 2 aliphatic carbocycles. The molecule has 1 amide bonds. The van der Waals surface area contributed by atoms with Crippen molar-refractivity contribution >= 4 is 27.3 Å². The fraction of sp³-hybridized carbons (Fsp3) is 0.286. The number of allylic oxidation sites excluding steroid dienone is 2. The number of aryl methyl sites for hydroxylation is 1. The van der Waals surface area contributed by atoms with Gasteiger partial charge in [0.05, 0.1) is 10.6 Å². The summed E-state index contributed by atoms with van der Waals surface area (Å²) in [5.41, 5.74) is 0.797. The zero-order chi connectivity index (χ0) is 19.9. The molecule has 2 aromatic carbocycles. The number of carbonyl (C=O) groups excluding carboxylic acids is 1. The number of para-hydroxylation sites is 1. The highest BCUT2D eigenvalue weighted by atomic mass is 32.2. The van der Waals surface area contributed by atoms with Gasteiger partial charge in [0.1, 0.15) is 5.82 Å². The van der Waals surface area contributed by atoms with Crippen LogP contribution in [0.1, 0.15) is 18.4 Å². The van der Waals surface area contributed by atoms with Crippen molar-refractivity contribution < 1.29 is 17.6 Å². The molecule has 146 valence electrons. The Morgan fingerprint density at radius 3 is 2.57 bits per heavy atom. The fourth-order valence-corrected chi connectivity index (χ4v) is 5.37. The van der Waals surface area contributed by atoms with Gasteiger partial charge in [0.2, 0.25) is 5.91 Å². The van der Waals surface area contributed by atoms with Crippen LogP contribution in [0, 0.1) is 30.5 Å². The summed E-state index contributed by atoms with van der Waals surface area (Å²) in [6, 6.07) is 10.3. The summed E-state index contributed by atoms with van der Waals surface area (Å²) in [5, 5.41) is 2.84. The zero-order valence-electron chi connectivity index (χ0n) is 15.4. The van der Waals surface area contributed by atoms with E-state index in [1.807, 2.05) is 0 Å². The van der Waals surface area contributed by atoms with Gasteiger partial charge in [0.15, 0.2) is 0 Å². The normalized spacial score (nSPS) is 23.0. The van der Waals surface area contributed by atoms with E-state index < -0.39 is 15.8 Å². The summed E-state index contributed by atoms with van der Waals surface area (Å²) in [6.45, 7) is 1.65. The van der Waals surface area contributed by atoms with E-state index in [2.05, 4.69) is 22.2 Å². The second kappa shape index (κ2) is 7.05. The summed E-state index contributed by atoms with van der Waals surface area (Å²) < 4.78 is 41.7. The number of halogens is 1. The third-order valence-corrected chi connectivity index (χ3v) is 6.99. The molecule has 4 rings (SSSR count). The van der Waals surface area contributed by atoms with Gasteiger partial charge >= 0.3 is 0 Å². The average molecular weight is 400 g/mol. The SMILES string of the molecule is Cc1ccc(NC(=O)C2CC3C=CC2C3)cc1S(=O)(=O)Nc1ccccc1F. The average Bonchev–Trinajstić information content (AvgIpc) is 3.28. The van der Waals surface area contributed by atoms with Crippen LogP contribution in [0.2, 0.25) is 0 Å². The molecule has 2 bridgehead atoms. The van der Waals surface area contributed by atoms with Crippen LogP contribution in [0.4, 0.5) is 15.8 Å². The van der Waals surface area contributed by atoms with Crippen molar-refractivity contribution in [1.82, 2.24) is 0 Å². The molecule has 0 aliphatic heterocycles. The first kappa shape index (κ1) is 18.7. The standard InChI is InChI=1S/C21H21FN2O3S/c1-13-6-9-16(23-21(25)17-11-14-7-8-15(17)10-14)12-20(13)28(26,27)24-19-5-3-2-4-18(19)22/h2-9,12,14-15,17,24H,10-11H2,1H3,(H,23,25). The van der Waals surface area contributed by atoms with E-state index in [0.717, 1.165) is 12.8 Å². The van der Waals surface area contributed by atoms with Crippen LogP contribution in [-0.4, -0.2) is 14.3 Å². The number of rotatable bonds is 5. The maximum atomic E-state index is 13.8. The van der Waals surface area contributed by atoms with E-state index in [0.29, 0.717) is 17.2 Å². The third kappa shape index (κ3) is 3.54. The Kier molecular flexibility index (Phi) is 4.71. The first-order valence-electron chi connectivity index (χ1n) is 9.21. The van der Waals surface area contributed by atoms with E-state index >= 15 is 0 Å². The Morgan fingerprint density at radius 1 is 1.11 bits per heavy atom. The van der Waals surface area contributed by atoms with Crippen molar-refractivity contribution in [1.29, 1.82) is 0 Å². The lowest BCUT2D eigenvalue weighted by Gasteiger charge is -2.18. The predicted octanol–water partition coefficient (Wildman–Crippen LogP) is 4.09. The van der Waals surface area contributed by atoms with E-state index in [9.17, 15) is 17.6 Å². The quantitative estimate of drug-likeness (QED) is 0.743. The van der Waals surface area contributed by atoms with E-state index in [1.54, 1.807) is 25.1 Å². The maximum absolute atomic E-state index is 13.8. The summed E-state index contributed by atoms with van der Waals surface area (Å²) in [4.78, 5) is 12.6. The highest BCUT2D eigenvalue weighted by Gasteiger charge is 2.39. The molecule has 1 fully saturated rings. The van der Waals surface area contributed by atoms with Gasteiger partial charge in [0.25, 0.3) is 10.0 Å². The van der Waals surface area contributed by atoms with Gasteiger partial charge < -0.3 is 5.32 Å². The molecule has 0 saturated heterocycles. The second-order valence-electron chi connectivity index (χ2n) is 7.44. The van der Waals surface area contributed by atoms with Crippen LogP contribution in [-0.2, 0) is 14.8 Å². The van der Waals surface area contributed by atoms with Crippen LogP contribution in [0.3, 0.4) is 0 Å². The number of hydrogen-bond acceptors (Lipinski definition) is 3. The first-order chi connectivity index (χ1) is 13.3. The van der Waals surface area contributed by atoms with Crippen LogP contribution in [0.25, 0.3) is 0 Å². The molecule has 0 heterocycles. The fourth-order valence-electron chi connectivity index (χ4n) is 4.03. The molecule has 28 heavy (non-hydrogen) atoms. The minimum absolute atomic E-state index is 0.00129. The minimum Gasteiger partial charge on any atom is -0.326 e. The van der Waals surface area contributed by atoms with E-state index in [4.69, 9.17) is 0 Å². The number of carbonyl (C=O) groups is 1. The topological polar surface area (TPSA) is 75.3 Å². The van der Waals surface area contributed by atoms with Crippen molar-refractivity contribution in [2.45, 2.75) is 24.7 Å². The summed E-state index contributed by atoms with van der Waals surface area (Å²) in [6.07, 6.45) is 6.11. The van der Waals surface area contributed by atoms with Crippen molar-refractivity contribution in [3.8, 4) is 0 Å². The molecular weight excluding hydrogens is 379 g/mol. The molecular formula is C21H21FN2O3S. The molecule has 5 nitrogen and oxygen atoms in total. The summed E-state index contributed by atoms with van der Waals surface area (Å²) in [5.74, 6) is -0.0856. The molecule has 0 aromatic heterocycles. The van der Waals surface area contributed by atoms with Crippen LogP contribution in [0.5, 0.6) is 0 Å². The number of fused-ring (bicyclic) bond motifs is 2. The Balaban J connectivity index is 1.56. The first-order valence-corrected chi connectivity index (χ1v) is 10.7. The van der Waals surface area contributed by atoms with Gasteiger partial charge in [-0.25, -0.2) is 12.8 Å². The zero-order valence-corrected chi connectivity index (χ0v) is 16.2. The van der Waals surface area contributed by atoms with Gasteiger partial charge in [-0.05, 0) is 61.4 Å². The van der Waals surface area contributed by atoms with Crippen LogP contribution >= 0.6 is 0 Å². The number of nitrogens with one attached hydrogen (secondary N) is 2. The smallest absolute Gasteiger partial charge is 0.262 e. The maximum Gasteiger partial charge on any atom is 0.262 e. The largest absolute Gasteiger partial charge is 0.326 e. The highest BCUT2D eigenvalue weighted by Crippen LogP contribution is 2.43. The lowest BCUT2D eigenvalue weighted by molar-refractivity contribution is -0.120. The van der Waals surface area contributed by atoms with Crippen molar-refractivity contribution in [2.75, 3.05) is 10.0 Å². The molecule has 7 heteroatoms. The molecule has 0 spiro atoms. The van der Waals surface area contributed by atoms with E-state index in [1.165, 1.54) is 24.3 Å². The van der Waals surface area contributed by atoms with Gasteiger partial charge in [-0.15, -0.1) is 0 Å². The molecule has 2 N–H and O–H groups in total. The van der Waals surface area contributed by atoms with Gasteiger partial charge in [-0.2, -0.15) is 0 Å². The third-order valence-electron chi connectivity index (χ3n) is 5.48. The molecule has 3 unspecified atom stereocenters. The number of amides is 1. The van der Waals surface area contributed by atoms with Crippen molar-refractivity contribution in [3.05, 3.63) is 66.0 Å². The lowest BCUT2D eigenvalue weighted by Crippen LogP contribution is -2.26. The molecule has 2 aliphatic rings. The second-order valence-corrected chi connectivity index (χ2v) is 9.09. The minimum atomic E-state index is -4.00. The number of anilines is 2. The Morgan fingerprint density at radius 2 is 1.89 bits per heavy atom. The number of sulfonamides is 1. The lowest BCUT2D eigenvalue weighted by atomic mass is 9.93. The van der Waals surface area contributed by atoms with Crippen molar-refractivity contribution in [3.63, 3.8) is 0 Å². The molecule has 2 aromatic rings. The summed E-state index contributed by atoms with van der Waals surface area (Å²) >= 11 is 0. The van der Waals surface area contributed by atoms with E-state index in [-0.39, 0.29) is 28.3 Å². The van der Waals surface area contributed by atoms with Crippen LogP contribution in [0.15, 0.2) is 59.5 Å². The van der Waals surface area contributed by atoms with Gasteiger partial charge in [0, 0.05) is 11.6 Å². The molecule has 1 saturated carbocycles. The molecule has 0 radical (unpaired) electrons. The van der Waals surface area contributed by atoms with Gasteiger partial charge in [-0.3, -0.25) is 9.52 Å². The number of hydrogen-bond donors (Lipinski definition) is 2. The Hall–Kier alpha value is -2.67. The Labute approximate surface area is 163 Å². The summed E-state index contributed by atoms with van der Waals surface area (Å²) in [7, 11) is -4.00. The van der Waals surface area contributed by atoms with Gasteiger partial charge in [-0.1, -0.05) is 30.4 Å². The Bertz CT molecular complexity index is 1070. The number of benzene rings is 2. The molecule has 3 atom stereocenters. The predicted molar refractivity (Wildman–Crippen MR) is 106 cm³/mol. The van der Waals surface area contributed by atoms with Crippen LogP contribution < -0.4 is 10.0 Å². The highest BCUT2D eigenvalue weighted by molar-refractivity contribution is 7.92.